The van der Waals surface area contributed by atoms with E-state index >= 15 is 0 Å². The van der Waals surface area contributed by atoms with E-state index in [4.69, 9.17) is 4.42 Å². The first kappa shape index (κ1) is 12.8. The van der Waals surface area contributed by atoms with Crippen molar-refractivity contribution >= 4 is 16.8 Å². The SMILES string of the molecule is CCNC(CC)C(=O)c1ccc2occc2c1F. The van der Waals surface area contributed by atoms with E-state index in [2.05, 4.69) is 5.32 Å². The summed E-state index contributed by atoms with van der Waals surface area (Å²) < 4.78 is 19.3. The Hall–Kier alpha value is -1.68. The molecule has 1 heterocycles. The molecule has 18 heavy (non-hydrogen) atoms. The summed E-state index contributed by atoms with van der Waals surface area (Å²) in [7, 11) is 0. The molecule has 0 aliphatic carbocycles. The highest BCUT2D eigenvalue weighted by atomic mass is 19.1. The van der Waals surface area contributed by atoms with Crippen LogP contribution in [0.1, 0.15) is 30.6 Å². The fourth-order valence-corrected chi connectivity index (χ4v) is 2.06. The van der Waals surface area contributed by atoms with Gasteiger partial charge in [-0.25, -0.2) is 4.39 Å². The van der Waals surface area contributed by atoms with Gasteiger partial charge in [-0.1, -0.05) is 13.8 Å². The molecule has 1 N–H and O–H groups in total. The van der Waals surface area contributed by atoms with E-state index in [1.807, 2.05) is 13.8 Å². The summed E-state index contributed by atoms with van der Waals surface area (Å²) in [5, 5.41) is 3.41. The highest BCUT2D eigenvalue weighted by Crippen LogP contribution is 2.23. The second kappa shape index (κ2) is 5.31. The largest absolute Gasteiger partial charge is 0.464 e. The average molecular weight is 249 g/mol. The lowest BCUT2D eigenvalue weighted by atomic mass is 10.0. The monoisotopic (exact) mass is 249 g/mol. The summed E-state index contributed by atoms with van der Waals surface area (Å²) in [6.07, 6.45) is 2.05. The van der Waals surface area contributed by atoms with Gasteiger partial charge in [0.2, 0.25) is 0 Å². The van der Waals surface area contributed by atoms with Crippen molar-refractivity contribution < 1.29 is 13.6 Å². The Kier molecular flexibility index (Phi) is 3.77. The molecule has 0 bridgehead atoms. The van der Waals surface area contributed by atoms with Crippen molar-refractivity contribution in [2.24, 2.45) is 0 Å². The van der Waals surface area contributed by atoms with E-state index in [9.17, 15) is 9.18 Å². The molecule has 1 aromatic carbocycles. The number of Topliss-reactive ketones (excluding diaryl/α,β-unsaturated/α-hetero) is 1. The van der Waals surface area contributed by atoms with Crippen LogP contribution in [0.25, 0.3) is 11.0 Å². The number of likely N-dealkylation sites (N-methyl/N-ethyl adjacent to an activating group) is 1. The summed E-state index contributed by atoms with van der Waals surface area (Å²) >= 11 is 0. The Labute approximate surface area is 105 Å². The van der Waals surface area contributed by atoms with Crippen molar-refractivity contribution in [3.63, 3.8) is 0 Å². The van der Waals surface area contributed by atoms with Crippen LogP contribution in [0.2, 0.25) is 0 Å². The van der Waals surface area contributed by atoms with Crippen molar-refractivity contribution in [2.45, 2.75) is 26.3 Å². The first-order valence-electron chi connectivity index (χ1n) is 6.12. The maximum atomic E-state index is 14.2. The Bertz CT molecular complexity index is 562. The quantitative estimate of drug-likeness (QED) is 0.828. The summed E-state index contributed by atoms with van der Waals surface area (Å²) in [6.45, 7) is 4.50. The standard InChI is InChI=1S/C14H16FNO2/c1-3-11(16-4-2)14(17)10-5-6-12-9(13(10)15)7-8-18-12/h5-8,11,16H,3-4H2,1-2H3. The Morgan fingerprint density at radius 1 is 1.39 bits per heavy atom. The molecule has 1 atom stereocenters. The van der Waals surface area contributed by atoms with Gasteiger partial charge < -0.3 is 9.73 Å². The average Bonchev–Trinajstić information content (AvgIpc) is 2.85. The molecule has 3 nitrogen and oxygen atoms in total. The molecular formula is C14H16FNO2. The van der Waals surface area contributed by atoms with E-state index in [0.717, 1.165) is 0 Å². The third-order valence-electron chi connectivity index (χ3n) is 3.01. The van der Waals surface area contributed by atoms with Gasteiger partial charge in [-0.3, -0.25) is 4.79 Å². The number of carbonyl (C=O) groups is 1. The number of carbonyl (C=O) groups excluding carboxylic acids is 1. The molecule has 1 aromatic heterocycles. The first-order valence-corrected chi connectivity index (χ1v) is 6.12. The van der Waals surface area contributed by atoms with Crippen LogP contribution in [-0.4, -0.2) is 18.4 Å². The summed E-state index contributed by atoms with van der Waals surface area (Å²) in [4.78, 5) is 12.2. The zero-order chi connectivity index (χ0) is 13.1. The smallest absolute Gasteiger partial charge is 0.182 e. The molecular weight excluding hydrogens is 233 g/mol. The van der Waals surface area contributed by atoms with Crippen LogP contribution in [0.5, 0.6) is 0 Å². The maximum Gasteiger partial charge on any atom is 0.182 e. The molecule has 0 radical (unpaired) electrons. The number of fused-ring (bicyclic) bond motifs is 1. The lowest BCUT2D eigenvalue weighted by Gasteiger charge is -2.14. The molecule has 4 heteroatoms. The van der Waals surface area contributed by atoms with Crippen molar-refractivity contribution in [1.82, 2.24) is 5.32 Å². The first-order chi connectivity index (χ1) is 8.69. The number of rotatable bonds is 5. The molecule has 96 valence electrons. The number of ketones is 1. The van der Waals surface area contributed by atoms with E-state index in [1.54, 1.807) is 6.07 Å². The third-order valence-corrected chi connectivity index (χ3v) is 3.01. The van der Waals surface area contributed by atoms with Crippen molar-refractivity contribution in [2.75, 3.05) is 6.54 Å². The van der Waals surface area contributed by atoms with Crippen LogP contribution in [-0.2, 0) is 0 Å². The molecule has 0 amide bonds. The van der Waals surface area contributed by atoms with Gasteiger partial charge in [0.1, 0.15) is 11.4 Å². The molecule has 0 aliphatic heterocycles. The lowest BCUT2D eigenvalue weighted by Crippen LogP contribution is -2.36. The van der Waals surface area contributed by atoms with Gasteiger partial charge in [0.05, 0.1) is 23.3 Å². The fraction of sp³-hybridized carbons (Fsp3) is 0.357. The van der Waals surface area contributed by atoms with E-state index in [0.29, 0.717) is 23.9 Å². The molecule has 0 aliphatic rings. The van der Waals surface area contributed by atoms with Gasteiger partial charge in [-0.2, -0.15) is 0 Å². The Balaban J connectivity index is 2.40. The molecule has 1 unspecified atom stereocenters. The van der Waals surface area contributed by atoms with Gasteiger partial charge in [0.25, 0.3) is 0 Å². The van der Waals surface area contributed by atoms with Gasteiger partial charge in [-0.15, -0.1) is 0 Å². The van der Waals surface area contributed by atoms with Crippen molar-refractivity contribution in [3.8, 4) is 0 Å². The van der Waals surface area contributed by atoms with E-state index in [1.165, 1.54) is 18.4 Å². The number of hydrogen-bond donors (Lipinski definition) is 1. The minimum atomic E-state index is -0.498. The van der Waals surface area contributed by atoms with Crippen LogP contribution >= 0.6 is 0 Å². The van der Waals surface area contributed by atoms with E-state index < -0.39 is 5.82 Å². The molecule has 0 spiro atoms. The lowest BCUT2D eigenvalue weighted by molar-refractivity contribution is 0.0938. The van der Waals surface area contributed by atoms with Crippen molar-refractivity contribution in [1.29, 1.82) is 0 Å². The topological polar surface area (TPSA) is 42.2 Å². The Morgan fingerprint density at radius 2 is 2.17 bits per heavy atom. The number of nitrogens with one attached hydrogen (secondary N) is 1. The van der Waals surface area contributed by atoms with E-state index in [-0.39, 0.29) is 17.4 Å². The molecule has 0 fully saturated rings. The summed E-state index contributed by atoms with van der Waals surface area (Å²) in [5.74, 6) is -0.706. The number of hydrogen-bond acceptors (Lipinski definition) is 3. The molecule has 2 aromatic rings. The number of benzene rings is 1. The zero-order valence-corrected chi connectivity index (χ0v) is 10.5. The highest BCUT2D eigenvalue weighted by Gasteiger charge is 2.22. The van der Waals surface area contributed by atoms with Gasteiger partial charge in [0.15, 0.2) is 5.78 Å². The molecule has 0 saturated heterocycles. The van der Waals surface area contributed by atoms with Crippen LogP contribution in [0.3, 0.4) is 0 Å². The van der Waals surface area contributed by atoms with Crippen LogP contribution in [0.15, 0.2) is 28.9 Å². The normalized spacial score (nSPS) is 12.8. The second-order valence-corrected chi connectivity index (χ2v) is 4.14. The fourth-order valence-electron chi connectivity index (χ4n) is 2.06. The van der Waals surface area contributed by atoms with Gasteiger partial charge >= 0.3 is 0 Å². The number of halogens is 1. The Morgan fingerprint density at radius 3 is 2.83 bits per heavy atom. The second-order valence-electron chi connectivity index (χ2n) is 4.14. The number of furan rings is 1. The van der Waals surface area contributed by atoms with Crippen molar-refractivity contribution in [3.05, 3.63) is 35.8 Å². The third kappa shape index (κ3) is 2.16. The van der Waals surface area contributed by atoms with Crippen LogP contribution in [0, 0.1) is 5.82 Å². The van der Waals surface area contributed by atoms with Crippen LogP contribution in [0.4, 0.5) is 4.39 Å². The highest BCUT2D eigenvalue weighted by molar-refractivity contribution is 6.03. The summed E-state index contributed by atoms with van der Waals surface area (Å²) in [6, 6.07) is 4.32. The minimum absolute atomic E-state index is 0.122. The predicted molar refractivity (Wildman–Crippen MR) is 68.3 cm³/mol. The van der Waals surface area contributed by atoms with Crippen LogP contribution < -0.4 is 5.32 Å². The molecule has 0 saturated carbocycles. The van der Waals surface area contributed by atoms with Gasteiger partial charge in [-0.05, 0) is 31.2 Å². The zero-order valence-electron chi connectivity index (χ0n) is 10.5. The predicted octanol–water partition coefficient (Wildman–Crippen LogP) is 3.14. The molecule has 2 rings (SSSR count). The van der Waals surface area contributed by atoms with Gasteiger partial charge in [0, 0.05) is 0 Å². The minimum Gasteiger partial charge on any atom is -0.464 e. The maximum absolute atomic E-state index is 14.2. The summed E-state index contributed by atoms with van der Waals surface area (Å²) in [5.41, 5.74) is 0.581.